The van der Waals surface area contributed by atoms with Crippen LogP contribution < -0.4 is 10.2 Å². The zero-order chi connectivity index (χ0) is 21.4. The van der Waals surface area contributed by atoms with E-state index in [4.69, 9.17) is 17.3 Å². The molecule has 3 aromatic rings. The SMILES string of the molecule is Nc1ncc([N+]2(C(=O)CCS(=O)(=O)c3ccc4cc(Cl)ccc4c3)CCCCC2)s1. The van der Waals surface area contributed by atoms with Gasteiger partial charge in [0, 0.05) is 5.02 Å². The topological polar surface area (TPSA) is 90.1 Å². The molecule has 0 spiro atoms. The summed E-state index contributed by atoms with van der Waals surface area (Å²) in [5, 5.41) is 3.49. The van der Waals surface area contributed by atoms with Crippen LogP contribution in [0.4, 0.5) is 10.1 Å². The minimum absolute atomic E-state index is 0.0429. The summed E-state index contributed by atoms with van der Waals surface area (Å²) in [5.41, 5.74) is 5.80. The van der Waals surface area contributed by atoms with Crippen molar-refractivity contribution >= 4 is 59.6 Å². The van der Waals surface area contributed by atoms with Crippen molar-refractivity contribution in [2.75, 3.05) is 24.6 Å². The Hall–Kier alpha value is -2.00. The number of anilines is 1. The number of thiazole rings is 1. The number of hydrogen-bond donors (Lipinski definition) is 1. The van der Waals surface area contributed by atoms with E-state index in [0.717, 1.165) is 35.0 Å². The second kappa shape index (κ2) is 8.26. The number of amides is 1. The summed E-state index contributed by atoms with van der Waals surface area (Å²) in [6.07, 6.45) is 4.53. The van der Waals surface area contributed by atoms with Crippen molar-refractivity contribution in [2.45, 2.75) is 30.6 Å². The average Bonchev–Trinajstić information content (AvgIpc) is 3.19. The Morgan fingerprint density at radius 1 is 1.10 bits per heavy atom. The molecule has 2 N–H and O–H groups in total. The third-order valence-corrected chi connectivity index (χ3v) is 8.64. The average molecular weight is 465 g/mol. The van der Waals surface area contributed by atoms with Crippen LogP contribution in [0.2, 0.25) is 5.02 Å². The first-order valence-corrected chi connectivity index (χ1v) is 12.7. The summed E-state index contributed by atoms with van der Waals surface area (Å²) in [5.74, 6) is -0.311. The van der Waals surface area contributed by atoms with Crippen molar-refractivity contribution in [3.8, 4) is 0 Å². The fourth-order valence-corrected chi connectivity index (χ4v) is 6.39. The van der Waals surface area contributed by atoms with Crippen LogP contribution in [0, 0.1) is 0 Å². The number of sulfone groups is 1. The van der Waals surface area contributed by atoms with Crippen molar-refractivity contribution < 1.29 is 13.2 Å². The molecule has 1 aromatic heterocycles. The number of carbonyl (C=O) groups excluding carboxylic acids is 1. The molecule has 2 aromatic carbocycles. The highest BCUT2D eigenvalue weighted by Crippen LogP contribution is 2.35. The number of halogens is 1. The number of nitrogen functional groups attached to an aromatic ring is 1. The van der Waals surface area contributed by atoms with Crippen LogP contribution in [-0.2, 0) is 14.6 Å². The Morgan fingerprint density at radius 3 is 2.50 bits per heavy atom. The van der Waals surface area contributed by atoms with Gasteiger partial charge in [-0.25, -0.2) is 22.7 Å². The van der Waals surface area contributed by atoms with Gasteiger partial charge in [-0.15, -0.1) is 0 Å². The second-order valence-corrected chi connectivity index (χ2v) is 11.2. The molecule has 1 amide bonds. The summed E-state index contributed by atoms with van der Waals surface area (Å²) in [6.45, 7) is 1.33. The molecular weight excluding hydrogens is 442 g/mol. The third kappa shape index (κ3) is 4.09. The Labute approximate surface area is 184 Å². The van der Waals surface area contributed by atoms with Crippen LogP contribution in [0.3, 0.4) is 0 Å². The van der Waals surface area contributed by atoms with Gasteiger partial charge in [0.2, 0.25) is 5.00 Å². The van der Waals surface area contributed by atoms with Gasteiger partial charge in [-0.2, -0.15) is 0 Å². The number of fused-ring (bicyclic) bond motifs is 1. The van der Waals surface area contributed by atoms with Gasteiger partial charge >= 0.3 is 5.91 Å². The minimum atomic E-state index is -3.60. The number of nitrogens with zero attached hydrogens (tertiary/aromatic N) is 2. The Morgan fingerprint density at radius 2 is 1.80 bits per heavy atom. The number of quaternary nitrogens is 1. The zero-order valence-corrected chi connectivity index (χ0v) is 18.8. The molecule has 4 rings (SSSR count). The number of rotatable bonds is 5. The molecule has 9 heteroatoms. The van der Waals surface area contributed by atoms with E-state index < -0.39 is 9.84 Å². The highest BCUT2D eigenvalue weighted by atomic mass is 35.5. The fourth-order valence-electron chi connectivity index (χ4n) is 4.06. The summed E-state index contributed by atoms with van der Waals surface area (Å²) < 4.78 is 26.1. The number of carbonyl (C=O) groups is 1. The van der Waals surface area contributed by atoms with Gasteiger partial charge in [0.15, 0.2) is 15.0 Å². The van der Waals surface area contributed by atoms with Gasteiger partial charge in [0.25, 0.3) is 0 Å². The van der Waals surface area contributed by atoms with Crippen LogP contribution in [0.25, 0.3) is 10.8 Å². The molecule has 30 heavy (non-hydrogen) atoms. The van der Waals surface area contributed by atoms with Crippen LogP contribution in [0.5, 0.6) is 0 Å². The second-order valence-electron chi connectivity index (χ2n) is 7.63. The molecule has 0 bridgehead atoms. The monoisotopic (exact) mass is 464 g/mol. The van der Waals surface area contributed by atoms with E-state index >= 15 is 0 Å². The van der Waals surface area contributed by atoms with Gasteiger partial charge in [-0.1, -0.05) is 23.7 Å². The van der Waals surface area contributed by atoms with E-state index in [1.54, 1.807) is 42.6 Å². The Balaban J connectivity index is 1.56. The van der Waals surface area contributed by atoms with Crippen LogP contribution in [-0.4, -0.2) is 38.2 Å². The lowest BCUT2D eigenvalue weighted by atomic mass is 10.1. The number of nitrogens with two attached hydrogens (primary N) is 1. The summed E-state index contributed by atoms with van der Waals surface area (Å²) in [4.78, 5) is 17.6. The van der Waals surface area contributed by atoms with Crippen molar-refractivity contribution in [1.29, 1.82) is 0 Å². The first-order valence-electron chi connectivity index (χ1n) is 9.85. The molecule has 2 heterocycles. The van der Waals surface area contributed by atoms with Gasteiger partial charge in [-0.3, -0.25) is 0 Å². The lowest BCUT2D eigenvalue weighted by molar-refractivity contribution is -0.130. The molecule has 1 fully saturated rings. The number of hydrogen-bond acceptors (Lipinski definition) is 6. The van der Waals surface area contributed by atoms with E-state index in [1.807, 2.05) is 0 Å². The number of aromatic nitrogens is 1. The number of piperidine rings is 1. The first kappa shape index (κ1) is 21.2. The fraction of sp³-hybridized carbons (Fsp3) is 0.333. The normalized spacial score (nSPS) is 16.6. The maximum atomic E-state index is 13.3. The van der Waals surface area contributed by atoms with Crippen LogP contribution in [0.1, 0.15) is 25.7 Å². The van der Waals surface area contributed by atoms with Crippen molar-refractivity contribution in [1.82, 2.24) is 9.47 Å². The van der Waals surface area contributed by atoms with Gasteiger partial charge < -0.3 is 5.73 Å². The highest BCUT2D eigenvalue weighted by Gasteiger charge is 2.42. The molecule has 1 aliphatic heterocycles. The molecule has 0 saturated carbocycles. The van der Waals surface area contributed by atoms with Gasteiger partial charge in [0.1, 0.15) is 6.20 Å². The molecule has 0 aliphatic carbocycles. The zero-order valence-electron chi connectivity index (χ0n) is 16.4. The van der Waals surface area contributed by atoms with Crippen molar-refractivity contribution in [3.63, 3.8) is 0 Å². The van der Waals surface area contributed by atoms with E-state index in [0.29, 0.717) is 23.2 Å². The molecule has 0 unspecified atom stereocenters. The third-order valence-electron chi connectivity index (χ3n) is 5.71. The largest absolute Gasteiger partial charge is 0.375 e. The minimum Gasteiger partial charge on any atom is -0.375 e. The number of benzene rings is 2. The molecule has 6 nitrogen and oxygen atoms in total. The van der Waals surface area contributed by atoms with E-state index in [9.17, 15) is 13.2 Å². The smallest absolute Gasteiger partial charge is 0.320 e. The summed E-state index contributed by atoms with van der Waals surface area (Å²) in [7, 11) is -3.60. The molecular formula is C21H23ClN3O3S2+. The van der Waals surface area contributed by atoms with E-state index in [-0.39, 0.29) is 27.5 Å². The maximum absolute atomic E-state index is 13.3. The molecule has 1 aliphatic rings. The van der Waals surface area contributed by atoms with Gasteiger partial charge in [-0.05, 0) is 65.6 Å². The van der Waals surface area contributed by atoms with E-state index in [2.05, 4.69) is 4.98 Å². The summed E-state index contributed by atoms with van der Waals surface area (Å²) in [6, 6.07) is 10.3. The molecule has 0 radical (unpaired) electrons. The van der Waals surface area contributed by atoms with Crippen LogP contribution >= 0.6 is 22.9 Å². The van der Waals surface area contributed by atoms with Crippen molar-refractivity contribution in [2.24, 2.45) is 0 Å². The first-order chi connectivity index (χ1) is 14.3. The van der Waals surface area contributed by atoms with Gasteiger partial charge in [0.05, 0.1) is 30.2 Å². The predicted octanol–water partition coefficient (Wildman–Crippen LogP) is 4.41. The Kier molecular flexibility index (Phi) is 5.85. The lowest BCUT2D eigenvalue weighted by Gasteiger charge is -2.36. The molecule has 0 atom stereocenters. The quantitative estimate of drug-likeness (QED) is 0.564. The molecule has 1 saturated heterocycles. The Bertz CT molecular complexity index is 1200. The standard InChI is InChI=1S/C21H23ClN3O3S2/c22-17-6-4-16-13-18(7-5-15(16)12-17)30(27,28)11-8-19(26)25(9-2-1-3-10-25)20-14-24-21(23)29-20/h4-7,12-14H,1-3,8-11H2,(H2,23,24)/q+1. The maximum Gasteiger partial charge on any atom is 0.320 e. The van der Waals surface area contributed by atoms with E-state index in [1.165, 1.54) is 11.3 Å². The predicted molar refractivity (Wildman–Crippen MR) is 123 cm³/mol. The summed E-state index contributed by atoms with van der Waals surface area (Å²) >= 11 is 7.31. The number of likely N-dealkylation sites (tertiary alicyclic amines) is 1. The van der Waals surface area contributed by atoms with Crippen molar-refractivity contribution in [3.05, 3.63) is 47.6 Å². The lowest BCUT2D eigenvalue weighted by Crippen LogP contribution is -2.57. The van der Waals surface area contributed by atoms with Crippen LogP contribution in [0.15, 0.2) is 47.5 Å². The highest BCUT2D eigenvalue weighted by molar-refractivity contribution is 7.91. The molecule has 158 valence electrons.